The van der Waals surface area contributed by atoms with Gasteiger partial charge in [-0.3, -0.25) is 0 Å². The highest BCUT2D eigenvalue weighted by Crippen LogP contribution is 2.38. The van der Waals surface area contributed by atoms with E-state index in [1.165, 1.54) is 18.2 Å². The molecule has 0 saturated carbocycles. The maximum atomic E-state index is 14.4. The van der Waals surface area contributed by atoms with Gasteiger partial charge in [0.15, 0.2) is 0 Å². The summed E-state index contributed by atoms with van der Waals surface area (Å²) in [6, 6.07) is 6.97. The number of hydrogen-bond acceptors (Lipinski definition) is 0. The van der Waals surface area contributed by atoms with Gasteiger partial charge in [0.2, 0.25) is 0 Å². The molecular formula is C19H8F8. The quantitative estimate of drug-likeness (QED) is 0.427. The van der Waals surface area contributed by atoms with Crippen LogP contribution in [-0.4, -0.2) is 0 Å². The molecule has 0 aliphatic rings. The first-order valence-electron chi connectivity index (χ1n) is 7.40. The standard InChI is InChI=1S/C19H8F8/c20-12-4-2-1-3-11(12)9-5-13(21)17(14(22)6-9)10-7-15(23)18(16(24)8-10)19(25,26)27/h1-8H. The molecule has 3 rings (SSSR count). The van der Waals surface area contributed by atoms with Crippen LogP contribution in [0.4, 0.5) is 35.1 Å². The third kappa shape index (κ3) is 3.51. The first-order chi connectivity index (χ1) is 12.6. The molecule has 27 heavy (non-hydrogen) atoms. The SMILES string of the molecule is Fc1ccccc1-c1cc(F)c(-c2cc(F)c(C(F)(F)F)c(F)c2)c(F)c1. The maximum Gasteiger partial charge on any atom is 0.422 e. The lowest BCUT2D eigenvalue weighted by atomic mass is 9.97. The highest BCUT2D eigenvalue weighted by Gasteiger charge is 2.38. The van der Waals surface area contributed by atoms with Crippen LogP contribution in [0.3, 0.4) is 0 Å². The lowest BCUT2D eigenvalue weighted by molar-refractivity contribution is -0.142. The van der Waals surface area contributed by atoms with E-state index in [-0.39, 0.29) is 23.3 Å². The van der Waals surface area contributed by atoms with Crippen molar-refractivity contribution in [3.05, 3.63) is 83.2 Å². The topological polar surface area (TPSA) is 0 Å². The molecule has 0 atom stereocenters. The van der Waals surface area contributed by atoms with Crippen molar-refractivity contribution in [2.45, 2.75) is 6.18 Å². The zero-order chi connectivity index (χ0) is 19.9. The van der Waals surface area contributed by atoms with Gasteiger partial charge in [-0.2, -0.15) is 13.2 Å². The van der Waals surface area contributed by atoms with Gasteiger partial charge in [-0.25, -0.2) is 22.0 Å². The minimum atomic E-state index is -5.31. The zero-order valence-electron chi connectivity index (χ0n) is 13.1. The zero-order valence-corrected chi connectivity index (χ0v) is 13.1. The van der Waals surface area contributed by atoms with Gasteiger partial charge in [0.25, 0.3) is 0 Å². The van der Waals surface area contributed by atoms with Gasteiger partial charge < -0.3 is 0 Å². The maximum absolute atomic E-state index is 14.4. The molecule has 0 N–H and O–H groups in total. The molecule has 0 amide bonds. The fourth-order valence-electron chi connectivity index (χ4n) is 2.69. The van der Waals surface area contributed by atoms with E-state index < -0.39 is 52.0 Å². The Kier molecular flexibility index (Phi) is 4.67. The molecule has 0 aliphatic heterocycles. The summed E-state index contributed by atoms with van der Waals surface area (Å²) in [5, 5.41) is 0. The van der Waals surface area contributed by atoms with Crippen molar-refractivity contribution in [3.63, 3.8) is 0 Å². The van der Waals surface area contributed by atoms with Crippen molar-refractivity contribution in [1.29, 1.82) is 0 Å². The van der Waals surface area contributed by atoms with Crippen LogP contribution in [-0.2, 0) is 6.18 Å². The van der Waals surface area contributed by atoms with E-state index in [4.69, 9.17) is 0 Å². The smallest absolute Gasteiger partial charge is 0.206 e. The Morgan fingerprint density at radius 3 is 1.52 bits per heavy atom. The van der Waals surface area contributed by atoms with Gasteiger partial charge in [0.1, 0.15) is 34.6 Å². The molecule has 0 saturated heterocycles. The van der Waals surface area contributed by atoms with E-state index in [1.54, 1.807) is 0 Å². The van der Waals surface area contributed by atoms with Gasteiger partial charge in [-0.05, 0) is 41.5 Å². The van der Waals surface area contributed by atoms with Gasteiger partial charge in [0.05, 0.1) is 5.56 Å². The number of benzene rings is 3. The first kappa shape index (κ1) is 18.9. The van der Waals surface area contributed by atoms with Crippen molar-refractivity contribution in [1.82, 2.24) is 0 Å². The Hall–Kier alpha value is -2.90. The summed E-state index contributed by atoms with van der Waals surface area (Å²) >= 11 is 0. The Bertz CT molecular complexity index is 974. The Morgan fingerprint density at radius 1 is 0.556 bits per heavy atom. The normalized spacial score (nSPS) is 11.7. The molecule has 0 heterocycles. The van der Waals surface area contributed by atoms with Crippen molar-refractivity contribution in [2.24, 2.45) is 0 Å². The van der Waals surface area contributed by atoms with E-state index in [0.717, 1.165) is 18.2 Å². The van der Waals surface area contributed by atoms with Gasteiger partial charge in [-0.15, -0.1) is 0 Å². The summed E-state index contributed by atoms with van der Waals surface area (Å²) < 4.78 is 108. The number of halogens is 8. The molecule has 0 nitrogen and oxygen atoms in total. The minimum absolute atomic E-state index is 0.119. The molecule has 0 unspecified atom stereocenters. The van der Waals surface area contributed by atoms with Crippen molar-refractivity contribution >= 4 is 0 Å². The molecule has 0 radical (unpaired) electrons. The van der Waals surface area contributed by atoms with Crippen molar-refractivity contribution < 1.29 is 35.1 Å². The summed E-state index contributed by atoms with van der Waals surface area (Å²) in [6.07, 6.45) is -5.31. The molecule has 0 aromatic heterocycles. The van der Waals surface area contributed by atoms with Crippen LogP contribution < -0.4 is 0 Å². The second-order valence-corrected chi connectivity index (χ2v) is 5.61. The number of rotatable bonds is 2. The lowest BCUT2D eigenvalue weighted by Crippen LogP contribution is -2.11. The highest BCUT2D eigenvalue weighted by atomic mass is 19.4. The van der Waals surface area contributed by atoms with Crippen LogP contribution >= 0.6 is 0 Å². The Balaban J connectivity index is 2.16. The van der Waals surface area contributed by atoms with Gasteiger partial charge in [-0.1, -0.05) is 18.2 Å². The Morgan fingerprint density at radius 2 is 1.04 bits per heavy atom. The third-order valence-corrected chi connectivity index (χ3v) is 3.84. The number of alkyl halides is 3. The van der Waals surface area contributed by atoms with Crippen LogP contribution in [0.5, 0.6) is 0 Å². The fraction of sp³-hybridized carbons (Fsp3) is 0.0526. The summed E-state index contributed by atoms with van der Waals surface area (Å²) in [5.41, 5.74) is -4.14. The van der Waals surface area contributed by atoms with Gasteiger partial charge >= 0.3 is 6.18 Å². The van der Waals surface area contributed by atoms with E-state index in [0.29, 0.717) is 0 Å². The monoisotopic (exact) mass is 388 g/mol. The summed E-state index contributed by atoms with van der Waals surface area (Å²) in [7, 11) is 0. The van der Waals surface area contributed by atoms with Crippen LogP contribution in [0, 0.1) is 29.1 Å². The largest absolute Gasteiger partial charge is 0.422 e. The molecule has 8 heteroatoms. The minimum Gasteiger partial charge on any atom is -0.206 e. The van der Waals surface area contributed by atoms with Crippen LogP contribution in [0.25, 0.3) is 22.3 Å². The average molecular weight is 388 g/mol. The second kappa shape index (κ2) is 6.68. The molecule has 140 valence electrons. The molecule has 0 fully saturated rings. The summed E-state index contributed by atoms with van der Waals surface area (Å²) in [5.74, 6) is -7.39. The van der Waals surface area contributed by atoms with E-state index in [2.05, 4.69) is 0 Å². The summed E-state index contributed by atoms with van der Waals surface area (Å²) in [4.78, 5) is 0. The Labute approximate surface area is 147 Å². The average Bonchev–Trinajstić information content (AvgIpc) is 2.52. The van der Waals surface area contributed by atoms with Crippen LogP contribution in [0.15, 0.2) is 48.5 Å². The van der Waals surface area contributed by atoms with Gasteiger partial charge in [0, 0.05) is 5.56 Å². The second-order valence-electron chi connectivity index (χ2n) is 5.61. The fourth-order valence-corrected chi connectivity index (χ4v) is 2.69. The molecule has 0 spiro atoms. The molecule has 3 aromatic carbocycles. The summed E-state index contributed by atoms with van der Waals surface area (Å²) in [6.45, 7) is 0. The lowest BCUT2D eigenvalue weighted by Gasteiger charge is -2.13. The van der Waals surface area contributed by atoms with Crippen molar-refractivity contribution in [3.8, 4) is 22.3 Å². The molecular weight excluding hydrogens is 380 g/mol. The van der Waals surface area contributed by atoms with Crippen LogP contribution in [0.1, 0.15) is 5.56 Å². The third-order valence-electron chi connectivity index (χ3n) is 3.84. The first-order valence-corrected chi connectivity index (χ1v) is 7.40. The predicted molar refractivity (Wildman–Crippen MR) is 82.1 cm³/mol. The molecule has 3 aromatic rings. The predicted octanol–water partition coefficient (Wildman–Crippen LogP) is 6.73. The molecule has 0 aliphatic carbocycles. The highest BCUT2D eigenvalue weighted by molar-refractivity contribution is 5.72. The molecule has 0 bridgehead atoms. The number of hydrogen-bond donors (Lipinski definition) is 0. The van der Waals surface area contributed by atoms with Crippen LogP contribution in [0.2, 0.25) is 0 Å². The van der Waals surface area contributed by atoms with E-state index >= 15 is 0 Å². The van der Waals surface area contributed by atoms with Crippen molar-refractivity contribution in [2.75, 3.05) is 0 Å². The van der Waals surface area contributed by atoms with E-state index in [9.17, 15) is 35.1 Å². The van der Waals surface area contributed by atoms with E-state index in [1.807, 2.05) is 0 Å².